The Balaban J connectivity index is 1.49. The molecule has 192 valence electrons. The van der Waals surface area contributed by atoms with E-state index in [0.29, 0.717) is 34.9 Å². The molecule has 3 heterocycles. The van der Waals surface area contributed by atoms with Crippen LogP contribution in [-0.2, 0) is 6.61 Å². The van der Waals surface area contributed by atoms with Crippen LogP contribution in [0.15, 0.2) is 54.6 Å². The fraction of sp³-hybridized carbons (Fsp3) is 0.241. The number of piperidine rings is 1. The van der Waals surface area contributed by atoms with Crippen LogP contribution in [-0.4, -0.2) is 45.8 Å². The molecule has 1 fully saturated rings. The van der Waals surface area contributed by atoms with Crippen LogP contribution in [0.5, 0.6) is 5.75 Å². The first-order valence-electron chi connectivity index (χ1n) is 12.4. The Labute approximate surface area is 218 Å². The summed E-state index contributed by atoms with van der Waals surface area (Å²) in [6.45, 7) is 1.47. The number of anilines is 1. The largest absolute Gasteiger partial charge is 0.488 e. The maximum absolute atomic E-state index is 14.1. The van der Waals surface area contributed by atoms with E-state index in [0.717, 1.165) is 35.2 Å². The fourth-order valence-corrected chi connectivity index (χ4v) is 5.46. The first kappa shape index (κ1) is 24.1. The number of halogens is 2. The van der Waals surface area contributed by atoms with Crippen molar-refractivity contribution in [3.63, 3.8) is 0 Å². The van der Waals surface area contributed by atoms with E-state index in [4.69, 9.17) is 4.74 Å². The summed E-state index contributed by atoms with van der Waals surface area (Å²) in [5, 5.41) is 22.8. The molecule has 1 saturated heterocycles. The second kappa shape index (κ2) is 9.56. The number of aliphatic hydroxyl groups excluding tert-OH is 1. The van der Waals surface area contributed by atoms with Gasteiger partial charge in [-0.05, 0) is 72.6 Å². The van der Waals surface area contributed by atoms with Crippen molar-refractivity contribution >= 4 is 28.6 Å². The molecular formula is C29H25F2N5O2. The Hall–Kier alpha value is -4.26. The summed E-state index contributed by atoms with van der Waals surface area (Å²) in [6, 6.07) is 14.5. The van der Waals surface area contributed by atoms with Crippen molar-refractivity contribution in [3.8, 4) is 11.9 Å². The predicted molar refractivity (Wildman–Crippen MR) is 140 cm³/mol. The van der Waals surface area contributed by atoms with Gasteiger partial charge in [0.2, 0.25) is 5.95 Å². The average molecular weight is 514 g/mol. The van der Waals surface area contributed by atoms with Gasteiger partial charge in [0.05, 0.1) is 23.2 Å². The third kappa shape index (κ3) is 4.28. The zero-order valence-corrected chi connectivity index (χ0v) is 20.7. The molecule has 0 amide bonds. The van der Waals surface area contributed by atoms with Gasteiger partial charge in [-0.2, -0.15) is 5.26 Å². The van der Waals surface area contributed by atoms with E-state index in [1.54, 1.807) is 12.1 Å². The molecule has 0 radical (unpaired) electrons. The lowest BCUT2D eigenvalue weighted by Gasteiger charge is -2.35. The number of nitrogens with one attached hydrogen (secondary N) is 1. The van der Waals surface area contributed by atoms with Gasteiger partial charge in [-0.15, -0.1) is 0 Å². The summed E-state index contributed by atoms with van der Waals surface area (Å²) in [7, 11) is 1.97. The highest BCUT2D eigenvalue weighted by Crippen LogP contribution is 2.39. The number of benzene rings is 3. The number of hydrogen-bond donors (Lipinski definition) is 2. The molecule has 0 spiro atoms. The molecule has 4 aromatic rings. The van der Waals surface area contributed by atoms with Crippen LogP contribution in [0.1, 0.15) is 34.7 Å². The second-order valence-electron chi connectivity index (χ2n) is 9.76. The van der Waals surface area contributed by atoms with Gasteiger partial charge in [-0.25, -0.2) is 13.8 Å². The number of likely N-dealkylation sites (N-methyl/N-ethyl adjacent to an activating group) is 1. The fourth-order valence-electron chi connectivity index (χ4n) is 5.46. The lowest BCUT2D eigenvalue weighted by molar-refractivity contribution is 0.0403. The second-order valence-corrected chi connectivity index (χ2v) is 9.76. The quantitative estimate of drug-likeness (QED) is 0.299. The summed E-state index contributed by atoms with van der Waals surface area (Å²) in [6.07, 6.45) is 4.01. The highest BCUT2D eigenvalue weighted by Gasteiger charge is 2.30. The van der Waals surface area contributed by atoms with Crippen molar-refractivity contribution in [3.05, 3.63) is 88.5 Å². The number of fused-ring (bicyclic) bond motifs is 3. The Morgan fingerprint density at radius 2 is 1.89 bits per heavy atom. The van der Waals surface area contributed by atoms with E-state index in [-0.39, 0.29) is 18.5 Å². The molecular weight excluding hydrogens is 488 g/mol. The van der Waals surface area contributed by atoms with Gasteiger partial charge in [0.1, 0.15) is 24.0 Å². The Bertz CT molecular complexity index is 1570. The smallest absolute Gasteiger partial charge is 0.217 e. The summed E-state index contributed by atoms with van der Waals surface area (Å²) in [5.74, 6) is -0.0226. The van der Waals surface area contributed by atoms with Crippen molar-refractivity contribution in [1.29, 1.82) is 5.26 Å². The van der Waals surface area contributed by atoms with Crippen LogP contribution in [0.25, 0.3) is 22.7 Å². The van der Waals surface area contributed by atoms with Crippen molar-refractivity contribution < 1.29 is 18.6 Å². The highest BCUT2D eigenvalue weighted by atomic mass is 19.1. The predicted octanol–water partition coefficient (Wildman–Crippen LogP) is 4.93. The van der Waals surface area contributed by atoms with Gasteiger partial charge in [-0.3, -0.25) is 5.32 Å². The number of aromatic nitrogens is 2. The molecule has 1 aromatic heterocycles. The zero-order chi connectivity index (χ0) is 26.4. The van der Waals surface area contributed by atoms with Crippen LogP contribution in [0.3, 0.4) is 0 Å². The number of hydrogen-bond acceptors (Lipinski definition) is 6. The lowest BCUT2D eigenvalue weighted by Crippen LogP contribution is -2.42. The van der Waals surface area contributed by atoms with Crippen LogP contribution in [0.4, 0.5) is 14.7 Å². The van der Waals surface area contributed by atoms with E-state index in [1.165, 1.54) is 24.3 Å². The SMILES string of the molecule is CN1CCC(n2c(NC#N)nc3cc(/C=C4\c5ccc(F)cc5COc5cc(F)ccc54)ccc32)[C@H](O)C1. The summed E-state index contributed by atoms with van der Waals surface area (Å²) in [5.41, 5.74) is 5.20. The van der Waals surface area contributed by atoms with Gasteiger partial charge < -0.3 is 19.3 Å². The maximum atomic E-state index is 14.1. The first-order valence-corrected chi connectivity index (χ1v) is 12.4. The first-order chi connectivity index (χ1) is 18.4. The van der Waals surface area contributed by atoms with Crippen LogP contribution >= 0.6 is 0 Å². The van der Waals surface area contributed by atoms with Crippen LogP contribution in [0, 0.1) is 23.1 Å². The molecule has 9 heteroatoms. The molecule has 1 unspecified atom stereocenters. The number of ether oxygens (including phenoxy) is 1. The number of rotatable bonds is 3. The normalized spacial score (nSPS) is 20.3. The Morgan fingerprint density at radius 3 is 2.68 bits per heavy atom. The topological polar surface area (TPSA) is 86.3 Å². The van der Waals surface area contributed by atoms with Gasteiger partial charge >= 0.3 is 0 Å². The number of nitrogens with zero attached hydrogens (tertiary/aromatic N) is 4. The molecule has 3 aromatic carbocycles. The molecule has 6 rings (SSSR count). The van der Waals surface area contributed by atoms with Crippen molar-refractivity contribution in [2.45, 2.75) is 25.2 Å². The highest BCUT2D eigenvalue weighted by molar-refractivity contribution is 5.96. The number of nitriles is 1. The molecule has 2 N–H and O–H groups in total. The monoisotopic (exact) mass is 513 g/mol. The molecule has 7 nitrogen and oxygen atoms in total. The Kier molecular flexibility index (Phi) is 6.06. The van der Waals surface area contributed by atoms with E-state index >= 15 is 0 Å². The lowest BCUT2D eigenvalue weighted by atomic mass is 9.92. The molecule has 0 aliphatic carbocycles. The van der Waals surface area contributed by atoms with Crippen LogP contribution < -0.4 is 10.1 Å². The average Bonchev–Trinajstić information content (AvgIpc) is 3.16. The molecule has 0 bridgehead atoms. The van der Waals surface area contributed by atoms with Crippen molar-refractivity contribution in [2.75, 3.05) is 25.5 Å². The maximum Gasteiger partial charge on any atom is 0.217 e. The van der Waals surface area contributed by atoms with Crippen molar-refractivity contribution in [2.24, 2.45) is 0 Å². The molecule has 2 atom stereocenters. The molecule has 2 aliphatic heterocycles. The van der Waals surface area contributed by atoms with Gasteiger partial charge in [-0.1, -0.05) is 12.1 Å². The number of imidazole rings is 1. The minimum absolute atomic E-state index is 0.117. The molecule has 0 saturated carbocycles. The minimum Gasteiger partial charge on any atom is -0.488 e. The van der Waals surface area contributed by atoms with E-state index in [1.807, 2.05) is 42.1 Å². The number of aliphatic hydroxyl groups is 1. The standard InChI is InChI=1S/C29H25F2N5O2/c1-35-9-8-26(27(37)14-35)36-25-7-2-17(11-24(25)34-29(36)33-16-32)10-23-21-5-3-19(30)12-18(21)15-38-28-13-20(31)4-6-22(23)28/h2-7,10-13,26-27,37H,8-9,14-15H2,1H3,(H,33,34)/b23-10+/t26?,27-/m1/s1. The third-order valence-corrected chi connectivity index (χ3v) is 7.25. The summed E-state index contributed by atoms with van der Waals surface area (Å²) in [4.78, 5) is 6.74. The van der Waals surface area contributed by atoms with Crippen LogP contribution in [0.2, 0.25) is 0 Å². The minimum atomic E-state index is -0.605. The number of β-amino-alcohol motifs (C(OH)–C–C–N with tert-alkyl or cyclic N) is 1. The van der Waals surface area contributed by atoms with Gasteiger partial charge in [0, 0.05) is 30.3 Å². The van der Waals surface area contributed by atoms with Gasteiger partial charge in [0.25, 0.3) is 0 Å². The van der Waals surface area contributed by atoms with Gasteiger partial charge in [0.15, 0.2) is 6.19 Å². The van der Waals surface area contributed by atoms with E-state index < -0.39 is 11.9 Å². The Morgan fingerprint density at radius 1 is 1.11 bits per heavy atom. The van der Waals surface area contributed by atoms with E-state index in [2.05, 4.69) is 15.2 Å². The number of likely N-dealkylation sites (tertiary alicyclic amines) is 1. The molecule has 2 aliphatic rings. The van der Waals surface area contributed by atoms with E-state index in [9.17, 15) is 19.1 Å². The van der Waals surface area contributed by atoms with Crippen molar-refractivity contribution in [1.82, 2.24) is 14.5 Å². The third-order valence-electron chi connectivity index (χ3n) is 7.25. The molecule has 38 heavy (non-hydrogen) atoms. The summed E-state index contributed by atoms with van der Waals surface area (Å²) >= 11 is 0. The zero-order valence-electron chi connectivity index (χ0n) is 20.7. The summed E-state index contributed by atoms with van der Waals surface area (Å²) < 4.78 is 35.9.